The van der Waals surface area contributed by atoms with Crippen LogP contribution in [-0.4, -0.2) is 24.7 Å². The van der Waals surface area contributed by atoms with Crippen molar-refractivity contribution < 1.29 is 4.39 Å². The molecule has 0 saturated heterocycles. The topological polar surface area (TPSA) is 59.7 Å². The molecule has 2 N–H and O–H groups in total. The van der Waals surface area contributed by atoms with E-state index >= 15 is 0 Å². The summed E-state index contributed by atoms with van der Waals surface area (Å²) in [6, 6.07) is 21.0. The summed E-state index contributed by atoms with van der Waals surface area (Å²) in [4.78, 5) is 0. The number of halogens is 1. The van der Waals surface area contributed by atoms with Gasteiger partial charge in [-0.2, -0.15) is 10.2 Å². The Bertz CT molecular complexity index is 1400. The van der Waals surface area contributed by atoms with E-state index in [1.54, 1.807) is 29.2 Å². The first kappa shape index (κ1) is 20.8. The zero-order valence-electron chi connectivity index (χ0n) is 17.6. The molecule has 8 heteroatoms. The summed E-state index contributed by atoms with van der Waals surface area (Å²) in [7, 11) is 0. The number of aromatic nitrogens is 4. The van der Waals surface area contributed by atoms with Crippen LogP contribution in [-0.2, 0) is 13.1 Å². The van der Waals surface area contributed by atoms with Crippen molar-refractivity contribution in [1.29, 1.82) is 0 Å². The van der Waals surface area contributed by atoms with Gasteiger partial charge >= 0.3 is 0 Å². The van der Waals surface area contributed by atoms with Crippen LogP contribution in [0.2, 0.25) is 0 Å². The van der Waals surface area contributed by atoms with Gasteiger partial charge in [0.1, 0.15) is 5.82 Å². The minimum Gasteiger partial charge on any atom is -0.330 e. The Labute approximate surface area is 195 Å². The highest BCUT2D eigenvalue weighted by Crippen LogP contribution is 2.20. The van der Waals surface area contributed by atoms with Crippen LogP contribution in [0.5, 0.6) is 0 Å². The monoisotopic (exact) mass is 456 g/mol. The van der Waals surface area contributed by atoms with Crippen LogP contribution < -0.4 is 10.6 Å². The Morgan fingerprint density at radius 3 is 2.15 bits per heavy atom. The van der Waals surface area contributed by atoms with Gasteiger partial charge in [-0.3, -0.25) is 9.36 Å². The molecule has 0 amide bonds. The molecule has 0 unspecified atom stereocenters. The van der Waals surface area contributed by atoms with Gasteiger partial charge in [0.05, 0.1) is 36.9 Å². The number of hydrogen-bond acceptors (Lipinski definition) is 3. The molecule has 5 rings (SSSR count). The molecule has 0 aliphatic rings. The third-order valence-electron chi connectivity index (χ3n) is 5.25. The van der Waals surface area contributed by atoms with Crippen molar-refractivity contribution in [2.24, 2.45) is 0 Å². The van der Waals surface area contributed by atoms with Gasteiger partial charge in [0.25, 0.3) is 0 Å². The lowest BCUT2D eigenvalue weighted by molar-refractivity contribution is 0.624. The van der Waals surface area contributed by atoms with E-state index in [9.17, 15) is 4.39 Å². The highest BCUT2D eigenvalue weighted by molar-refractivity contribution is 7.80. The van der Waals surface area contributed by atoms with Crippen molar-refractivity contribution in [3.05, 3.63) is 108 Å². The standard InChI is InChI=1S/C25H21FN6S/c26-21-10-8-18(9-11-21)14-31-16-22(12-27-31)29-25(33)30-23-13-28-32(17-23)15-20-6-3-5-19-4-1-2-7-24(19)20/h1-13,16-17H,14-15H2,(H2,29,30,33). The van der Waals surface area contributed by atoms with Gasteiger partial charge in [-0.25, -0.2) is 4.39 Å². The number of nitrogens with zero attached hydrogens (tertiary/aromatic N) is 4. The van der Waals surface area contributed by atoms with Crippen LogP contribution >= 0.6 is 12.2 Å². The maximum Gasteiger partial charge on any atom is 0.175 e. The quantitative estimate of drug-likeness (QED) is 0.341. The Balaban J connectivity index is 1.19. The molecule has 33 heavy (non-hydrogen) atoms. The van der Waals surface area contributed by atoms with Crippen molar-refractivity contribution in [1.82, 2.24) is 19.6 Å². The molecule has 0 saturated carbocycles. The summed E-state index contributed by atoms with van der Waals surface area (Å²) in [5.41, 5.74) is 3.73. The summed E-state index contributed by atoms with van der Waals surface area (Å²) in [6.07, 6.45) is 7.22. The molecule has 0 radical (unpaired) electrons. The molecule has 0 fully saturated rings. The molecule has 164 valence electrons. The van der Waals surface area contributed by atoms with E-state index in [1.165, 1.54) is 28.5 Å². The molecule has 2 aromatic heterocycles. The number of nitrogens with one attached hydrogen (secondary N) is 2. The summed E-state index contributed by atoms with van der Waals surface area (Å²) < 4.78 is 16.7. The van der Waals surface area contributed by atoms with Crippen LogP contribution in [0.25, 0.3) is 10.8 Å². The number of hydrogen-bond donors (Lipinski definition) is 2. The Kier molecular flexibility index (Phi) is 5.82. The van der Waals surface area contributed by atoms with Crippen LogP contribution in [0.3, 0.4) is 0 Å². The number of fused-ring (bicyclic) bond motifs is 1. The third kappa shape index (κ3) is 5.07. The molecule has 0 aliphatic heterocycles. The van der Waals surface area contributed by atoms with Crippen LogP contribution in [0.15, 0.2) is 91.5 Å². The second kappa shape index (κ2) is 9.22. The SMILES string of the molecule is Fc1ccc(Cn2cc(NC(=S)Nc3cnn(Cc4cccc5ccccc45)c3)cn2)cc1. The first-order valence-electron chi connectivity index (χ1n) is 10.5. The van der Waals surface area contributed by atoms with Gasteiger partial charge in [0.2, 0.25) is 0 Å². The Morgan fingerprint density at radius 2 is 1.42 bits per heavy atom. The minimum atomic E-state index is -0.251. The van der Waals surface area contributed by atoms with Gasteiger partial charge in [-0.15, -0.1) is 0 Å². The van der Waals surface area contributed by atoms with E-state index in [0.29, 0.717) is 18.2 Å². The zero-order valence-corrected chi connectivity index (χ0v) is 18.5. The highest BCUT2D eigenvalue weighted by atomic mass is 32.1. The minimum absolute atomic E-state index is 0.251. The van der Waals surface area contributed by atoms with Crippen molar-refractivity contribution in [3.8, 4) is 0 Å². The molecule has 5 aromatic rings. The predicted octanol–water partition coefficient (Wildman–Crippen LogP) is 5.28. The average Bonchev–Trinajstić information content (AvgIpc) is 3.44. The summed E-state index contributed by atoms with van der Waals surface area (Å²) in [6.45, 7) is 1.21. The molecule has 3 aromatic carbocycles. The maximum atomic E-state index is 13.1. The molecule has 0 atom stereocenters. The van der Waals surface area contributed by atoms with Crippen LogP contribution in [0.1, 0.15) is 11.1 Å². The van der Waals surface area contributed by atoms with E-state index in [-0.39, 0.29) is 5.82 Å². The van der Waals surface area contributed by atoms with Crippen LogP contribution in [0, 0.1) is 5.82 Å². The molecular formula is C25H21FN6S. The van der Waals surface area contributed by atoms with E-state index in [4.69, 9.17) is 12.2 Å². The largest absolute Gasteiger partial charge is 0.330 e. The average molecular weight is 457 g/mol. The van der Waals surface area contributed by atoms with E-state index in [1.807, 2.05) is 29.2 Å². The van der Waals surface area contributed by atoms with Gasteiger partial charge in [0.15, 0.2) is 5.11 Å². The zero-order chi connectivity index (χ0) is 22.6. The van der Waals surface area contributed by atoms with Crippen molar-refractivity contribution in [2.45, 2.75) is 13.1 Å². The summed E-state index contributed by atoms with van der Waals surface area (Å²) in [5, 5.41) is 18.0. The van der Waals surface area contributed by atoms with Gasteiger partial charge in [-0.1, -0.05) is 54.6 Å². The van der Waals surface area contributed by atoms with E-state index in [2.05, 4.69) is 51.2 Å². The number of thiocarbonyl (C=S) groups is 1. The van der Waals surface area contributed by atoms with Gasteiger partial charge < -0.3 is 10.6 Å². The first-order chi connectivity index (χ1) is 16.1. The third-order valence-corrected chi connectivity index (χ3v) is 5.46. The predicted molar refractivity (Wildman–Crippen MR) is 133 cm³/mol. The normalized spacial score (nSPS) is 10.9. The van der Waals surface area contributed by atoms with Gasteiger partial charge in [0, 0.05) is 12.4 Å². The molecular weight excluding hydrogens is 435 g/mol. The lowest BCUT2D eigenvalue weighted by Crippen LogP contribution is -2.18. The summed E-state index contributed by atoms with van der Waals surface area (Å²) >= 11 is 5.44. The second-order valence-electron chi connectivity index (χ2n) is 7.70. The fraction of sp³-hybridized carbons (Fsp3) is 0.0800. The van der Waals surface area contributed by atoms with Crippen molar-refractivity contribution >= 4 is 39.5 Å². The first-order valence-corrected chi connectivity index (χ1v) is 10.9. The molecule has 0 bridgehead atoms. The molecule has 0 aliphatic carbocycles. The lowest BCUT2D eigenvalue weighted by Gasteiger charge is -2.07. The highest BCUT2D eigenvalue weighted by Gasteiger charge is 2.07. The lowest BCUT2D eigenvalue weighted by atomic mass is 10.0. The Hall–Kier alpha value is -4.04. The van der Waals surface area contributed by atoms with Gasteiger partial charge in [-0.05, 0) is 46.2 Å². The number of benzene rings is 3. The molecule has 2 heterocycles. The second-order valence-corrected chi connectivity index (χ2v) is 8.11. The number of anilines is 2. The smallest absolute Gasteiger partial charge is 0.175 e. The Morgan fingerprint density at radius 1 is 0.788 bits per heavy atom. The van der Waals surface area contributed by atoms with E-state index in [0.717, 1.165) is 16.9 Å². The van der Waals surface area contributed by atoms with Crippen molar-refractivity contribution in [3.63, 3.8) is 0 Å². The van der Waals surface area contributed by atoms with Crippen LogP contribution in [0.4, 0.5) is 15.8 Å². The van der Waals surface area contributed by atoms with E-state index < -0.39 is 0 Å². The number of rotatable bonds is 6. The fourth-order valence-corrected chi connectivity index (χ4v) is 3.94. The summed E-state index contributed by atoms with van der Waals surface area (Å²) in [5.74, 6) is -0.251. The fourth-order valence-electron chi connectivity index (χ4n) is 3.70. The maximum absolute atomic E-state index is 13.1. The molecule has 6 nitrogen and oxygen atoms in total. The molecule has 0 spiro atoms. The van der Waals surface area contributed by atoms with Crippen molar-refractivity contribution in [2.75, 3.05) is 10.6 Å².